The molecule has 138 valence electrons. The molecule has 0 aliphatic carbocycles. The molecule has 0 fully saturated rings. The first-order chi connectivity index (χ1) is 13.0. The summed E-state index contributed by atoms with van der Waals surface area (Å²) in [6.07, 6.45) is 3.24. The summed E-state index contributed by atoms with van der Waals surface area (Å²) < 4.78 is 46.7. The fourth-order valence-electron chi connectivity index (χ4n) is 2.72. The Morgan fingerprint density at radius 2 is 1.52 bits per heavy atom. The summed E-state index contributed by atoms with van der Waals surface area (Å²) in [5, 5.41) is 0. The SMILES string of the molecule is CCOc1ccc(-c2ccc(/C=C/c3ccc(C)c(F)c3F)cc2)cc1F. The second kappa shape index (κ2) is 8.12. The molecule has 0 N–H and O–H groups in total. The van der Waals surface area contributed by atoms with Crippen molar-refractivity contribution in [3.8, 4) is 16.9 Å². The third-order valence-electron chi connectivity index (χ3n) is 4.24. The Hall–Kier alpha value is -3.01. The van der Waals surface area contributed by atoms with Gasteiger partial charge in [0.05, 0.1) is 6.61 Å². The van der Waals surface area contributed by atoms with Crippen LogP contribution in [0.15, 0.2) is 54.6 Å². The molecule has 3 aromatic rings. The first kappa shape index (κ1) is 18.8. The van der Waals surface area contributed by atoms with Crippen LogP contribution in [0, 0.1) is 24.4 Å². The maximum absolute atomic E-state index is 14.0. The van der Waals surface area contributed by atoms with Gasteiger partial charge in [-0.05, 0) is 48.2 Å². The van der Waals surface area contributed by atoms with Crippen LogP contribution in [0.2, 0.25) is 0 Å². The van der Waals surface area contributed by atoms with Crippen LogP contribution in [0.3, 0.4) is 0 Å². The molecule has 3 aromatic carbocycles. The molecule has 0 unspecified atom stereocenters. The molecule has 0 aliphatic heterocycles. The highest BCUT2D eigenvalue weighted by atomic mass is 19.2. The van der Waals surface area contributed by atoms with Crippen LogP contribution in [0.4, 0.5) is 13.2 Å². The molecule has 0 aromatic heterocycles. The van der Waals surface area contributed by atoms with E-state index < -0.39 is 17.5 Å². The number of hydrogen-bond acceptors (Lipinski definition) is 1. The molecule has 4 heteroatoms. The molecule has 3 rings (SSSR count). The maximum Gasteiger partial charge on any atom is 0.166 e. The van der Waals surface area contributed by atoms with E-state index in [1.807, 2.05) is 24.3 Å². The summed E-state index contributed by atoms with van der Waals surface area (Å²) in [6.45, 7) is 3.73. The van der Waals surface area contributed by atoms with Crippen LogP contribution in [0.25, 0.3) is 23.3 Å². The Kier molecular flexibility index (Phi) is 5.65. The van der Waals surface area contributed by atoms with Crippen molar-refractivity contribution in [2.24, 2.45) is 0 Å². The van der Waals surface area contributed by atoms with Gasteiger partial charge in [0.15, 0.2) is 23.2 Å². The topological polar surface area (TPSA) is 9.23 Å². The van der Waals surface area contributed by atoms with E-state index in [-0.39, 0.29) is 16.9 Å². The average molecular weight is 368 g/mol. The molecule has 0 atom stereocenters. The monoisotopic (exact) mass is 368 g/mol. The Balaban J connectivity index is 1.80. The second-order valence-electron chi connectivity index (χ2n) is 6.13. The zero-order valence-corrected chi connectivity index (χ0v) is 15.1. The van der Waals surface area contributed by atoms with E-state index in [0.29, 0.717) is 6.61 Å². The van der Waals surface area contributed by atoms with E-state index in [1.54, 1.807) is 37.3 Å². The summed E-state index contributed by atoms with van der Waals surface area (Å²) in [6, 6.07) is 15.3. The Morgan fingerprint density at radius 3 is 2.19 bits per heavy atom. The van der Waals surface area contributed by atoms with Gasteiger partial charge in [0.1, 0.15) is 0 Å². The molecule has 0 radical (unpaired) electrons. The lowest BCUT2D eigenvalue weighted by atomic mass is 10.0. The zero-order valence-electron chi connectivity index (χ0n) is 15.1. The molecule has 1 nitrogen and oxygen atoms in total. The smallest absolute Gasteiger partial charge is 0.166 e. The van der Waals surface area contributed by atoms with E-state index in [2.05, 4.69) is 0 Å². The van der Waals surface area contributed by atoms with Gasteiger partial charge in [0.25, 0.3) is 0 Å². The highest BCUT2D eigenvalue weighted by Crippen LogP contribution is 2.26. The van der Waals surface area contributed by atoms with Gasteiger partial charge in [-0.15, -0.1) is 0 Å². The van der Waals surface area contributed by atoms with Crippen molar-refractivity contribution in [1.82, 2.24) is 0 Å². The molecular formula is C23H19F3O. The second-order valence-corrected chi connectivity index (χ2v) is 6.13. The van der Waals surface area contributed by atoms with Gasteiger partial charge in [0, 0.05) is 5.56 Å². The van der Waals surface area contributed by atoms with Crippen LogP contribution >= 0.6 is 0 Å². The zero-order chi connectivity index (χ0) is 19.4. The van der Waals surface area contributed by atoms with Crippen LogP contribution in [-0.4, -0.2) is 6.61 Å². The molecule has 0 spiro atoms. The third-order valence-corrected chi connectivity index (χ3v) is 4.24. The van der Waals surface area contributed by atoms with E-state index in [0.717, 1.165) is 16.7 Å². The lowest BCUT2D eigenvalue weighted by molar-refractivity contribution is 0.321. The number of rotatable bonds is 5. The maximum atomic E-state index is 14.0. The van der Waals surface area contributed by atoms with Crippen molar-refractivity contribution < 1.29 is 17.9 Å². The van der Waals surface area contributed by atoms with Crippen molar-refractivity contribution in [3.05, 3.63) is 88.7 Å². The minimum atomic E-state index is -0.854. The lowest BCUT2D eigenvalue weighted by Gasteiger charge is -2.07. The number of benzene rings is 3. The first-order valence-electron chi connectivity index (χ1n) is 8.65. The van der Waals surface area contributed by atoms with Crippen LogP contribution < -0.4 is 4.74 Å². The van der Waals surface area contributed by atoms with Crippen LogP contribution in [0.5, 0.6) is 5.75 Å². The average Bonchev–Trinajstić information content (AvgIpc) is 2.68. The van der Waals surface area contributed by atoms with Gasteiger partial charge in [-0.25, -0.2) is 13.2 Å². The standard InChI is InChI=1S/C23H19F3O/c1-3-27-21-13-12-19(14-20(21)24)17-9-5-16(6-10-17)7-11-18-8-4-15(2)22(25)23(18)26/h4-14H,3H2,1-2H3/b11-7+. The van der Waals surface area contributed by atoms with Crippen molar-refractivity contribution >= 4 is 12.2 Å². The lowest BCUT2D eigenvalue weighted by Crippen LogP contribution is -1.94. The van der Waals surface area contributed by atoms with Gasteiger partial charge in [0.2, 0.25) is 0 Å². The fourth-order valence-corrected chi connectivity index (χ4v) is 2.72. The highest BCUT2D eigenvalue weighted by molar-refractivity contribution is 5.72. The number of hydrogen-bond donors (Lipinski definition) is 0. The Labute approximate surface area is 156 Å². The summed E-state index contributed by atoms with van der Waals surface area (Å²) in [5.74, 6) is -1.86. The van der Waals surface area contributed by atoms with E-state index in [4.69, 9.17) is 4.74 Å². The molecule has 0 bridgehead atoms. The molecule has 0 aliphatic rings. The van der Waals surface area contributed by atoms with E-state index in [9.17, 15) is 13.2 Å². The van der Waals surface area contributed by atoms with Crippen molar-refractivity contribution in [2.75, 3.05) is 6.61 Å². The first-order valence-corrected chi connectivity index (χ1v) is 8.65. The Bertz CT molecular complexity index is 976. The number of halogens is 3. The quantitative estimate of drug-likeness (QED) is 0.458. The summed E-state index contributed by atoms with van der Waals surface area (Å²) in [7, 11) is 0. The molecule has 0 saturated heterocycles. The minimum Gasteiger partial charge on any atom is -0.491 e. The van der Waals surface area contributed by atoms with E-state index in [1.165, 1.54) is 19.1 Å². The van der Waals surface area contributed by atoms with Gasteiger partial charge in [-0.1, -0.05) is 54.6 Å². The van der Waals surface area contributed by atoms with Gasteiger partial charge in [-0.3, -0.25) is 0 Å². The van der Waals surface area contributed by atoms with Gasteiger partial charge in [-0.2, -0.15) is 0 Å². The normalized spacial score (nSPS) is 11.1. The Morgan fingerprint density at radius 1 is 0.815 bits per heavy atom. The molecule has 27 heavy (non-hydrogen) atoms. The molecule has 0 saturated carbocycles. The van der Waals surface area contributed by atoms with Crippen molar-refractivity contribution in [2.45, 2.75) is 13.8 Å². The van der Waals surface area contributed by atoms with Gasteiger partial charge < -0.3 is 4.74 Å². The third kappa shape index (κ3) is 4.22. The minimum absolute atomic E-state index is 0.191. The molecular weight excluding hydrogens is 349 g/mol. The number of ether oxygens (including phenoxy) is 1. The molecule has 0 heterocycles. The predicted molar refractivity (Wildman–Crippen MR) is 103 cm³/mol. The number of aryl methyl sites for hydroxylation is 1. The highest BCUT2D eigenvalue weighted by Gasteiger charge is 2.09. The summed E-state index contributed by atoms with van der Waals surface area (Å²) >= 11 is 0. The van der Waals surface area contributed by atoms with Crippen LogP contribution in [0.1, 0.15) is 23.6 Å². The fraction of sp³-hybridized carbons (Fsp3) is 0.130. The van der Waals surface area contributed by atoms with Crippen molar-refractivity contribution in [3.63, 3.8) is 0 Å². The van der Waals surface area contributed by atoms with Gasteiger partial charge >= 0.3 is 0 Å². The van der Waals surface area contributed by atoms with Crippen LogP contribution in [-0.2, 0) is 0 Å². The summed E-state index contributed by atoms with van der Waals surface area (Å²) in [5.41, 5.74) is 2.87. The predicted octanol–water partition coefficient (Wildman–Crippen LogP) is 6.65. The summed E-state index contributed by atoms with van der Waals surface area (Å²) in [4.78, 5) is 0. The largest absolute Gasteiger partial charge is 0.491 e. The van der Waals surface area contributed by atoms with E-state index >= 15 is 0 Å². The molecule has 0 amide bonds. The van der Waals surface area contributed by atoms with Crippen molar-refractivity contribution in [1.29, 1.82) is 0 Å².